The molecule has 0 N–H and O–H groups in total. The highest BCUT2D eigenvalue weighted by Gasteiger charge is 2.44. The molecule has 0 amide bonds. The van der Waals surface area contributed by atoms with E-state index in [0.29, 0.717) is 0 Å². The quantitative estimate of drug-likeness (QED) is 0.124. The van der Waals surface area contributed by atoms with E-state index in [4.69, 9.17) is 18.9 Å². The second-order valence-corrected chi connectivity index (χ2v) is 15.8. The highest BCUT2D eigenvalue weighted by Crippen LogP contribution is 2.54. The Morgan fingerprint density at radius 3 is 1.54 bits per heavy atom. The lowest BCUT2D eigenvalue weighted by Gasteiger charge is -2.29. The lowest BCUT2D eigenvalue weighted by molar-refractivity contribution is -0.0189. The largest absolute Gasteiger partial charge is 0.381 e. The summed E-state index contributed by atoms with van der Waals surface area (Å²) in [7, 11) is 0. The maximum Gasteiger partial charge on any atom is 0.0740 e. The van der Waals surface area contributed by atoms with Crippen molar-refractivity contribution in [2.24, 2.45) is 10.8 Å². The highest BCUT2D eigenvalue weighted by molar-refractivity contribution is 9.11. The van der Waals surface area contributed by atoms with Gasteiger partial charge in [0.05, 0.1) is 30.2 Å². The van der Waals surface area contributed by atoms with Crippen molar-refractivity contribution in [3.63, 3.8) is 0 Å². The number of thiophene rings is 2. The van der Waals surface area contributed by atoms with Crippen molar-refractivity contribution < 1.29 is 18.9 Å². The molecule has 2 heterocycles. The van der Waals surface area contributed by atoms with Crippen LogP contribution in [-0.2, 0) is 44.6 Å². The molecule has 41 heavy (non-hydrogen) atoms. The lowest BCUT2D eigenvalue weighted by Crippen LogP contribution is -2.34. The van der Waals surface area contributed by atoms with Crippen molar-refractivity contribution in [2.45, 2.75) is 105 Å². The van der Waals surface area contributed by atoms with E-state index in [-0.39, 0.29) is 10.8 Å². The molecule has 2 aromatic heterocycles. The maximum atomic E-state index is 6.28. The van der Waals surface area contributed by atoms with Crippen LogP contribution in [-0.4, -0.2) is 52.9 Å². The van der Waals surface area contributed by atoms with Crippen molar-refractivity contribution in [1.82, 2.24) is 0 Å². The van der Waals surface area contributed by atoms with Crippen LogP contribution < -0.4 is 0 Å². The molecule has 2 aliphatic carbocycles. The predicted molar refractivity (Wildman–Crippen MR) is 178 cm³/mol. The van der Waals surface area contributed by atoms with Crippen LogP contribution in [0.15, 0.2) is 9.17 Å². The Kier molecular flexibility index (Phi) is 13.7. The summed E-state index contributed by atoms with van der Waals surface area (Å²) in [5.74, 6) is 0. The molecule has 0 saturated heterocycles. The fraction of sp³-hybridized carbons (Fsp3) is 0.765. The number of halogens is 1. The molecule has 0 fully saturated rings. The van der Waals surface area contributed by atoms with Gasteiger partial charge in [0.1, 0.15) is 0 Å². The second kappa shape index (κ2) is 16.7. The van der Waals surface area contributed by atoms with Crippen LogP contribution in [0.1, 0.15) is 101 Å². The first kappa shape index (κ1) is 33.6. The summed E-state index contributed by atoms with van der Waals surface area (Å²) >= 11 is 7.87. The summed E-state index contributed by atoms with van der Waals surface area (Å²) in [4.78, 5) is 2.95. The number of hydrogen-bond donors (Lipinski definition) is 0. The van der Waals surface area contributed by atoms with Gasteiger partial charge in [0.25, 0.3) is 0 Å². The molecule has 2 aliphatic rings. The summed E-state index contributed by atoms with van der Waals surface area (Å²) in [6, 6.07) is 0. The molecule has 7 heteroatoms. The van der Waals surface area contributed by atoms with Gasteiger partial charge in [-0.25, -0.2) is 0 Å². The molecular weight excluding hydrogens is 616 g/mol. The minimum Gasteiger partial charge on any atom is -0.381 e. The minimum atomic E-state index is 0.0296. The van der Waals surface area contributed by atoms with Crippen molar-refractivity contribution in [3.8, 4) is 9.75 Å². The third kappa shape index (κ3) is 8.67. The molecule has 0 bridgehead atoms. The van der Waals surface area contributed by atoms with E-state index in [1.807, 2.05) is 22.7 Å². The van der Waals surface area contributed by atoms with Crippen LogP contribution in [0.5, 0.6) is 0 Å². The van der Waals surface area contributed by atoms with Crippen LogP contribution >= 0.6 is 38.6 Å². The van der Waals surface area contributed by atoms with Gasteiger partial charge in [0.15, 0.2) is 0 Å². The molecule has 0 radical (unpaired) electrons. The fourth-order valence-corrected chi connectivity index (χ4v) is 9.48. The first-order valence-electron chi connectivity index (χ1n) is 16.2. The van der Waals surface area contributed by atoms with Crippen LogP contribution in [0, 0.1) is 10.8 Å². The first-order valence-corrected chi connectivity index (χ1v) is 18.7. The summed E-state index contributed by atoms with van der Waals surface area (Å²) in [6.45, 7) is 15.4. The molecule has 4 rings (SSSR count). The predicted octanol–water partition coefficient (Wildman–Crippen LogP) is 9.68. The Labute approximate surface area is 266 Å². The van der Waals surface area contributed by atoms with Gasteiger partial charge in [-0.15, -0.1) is 22.7 Å². The number of rotatable bonds is 21. The van der Waals surface area contributed by atoms with E-state index in [0.717, 1.165) is 104 Å². The molecule has 0 atom stereocenters. The summed E-state index contributed by atoms with van der Waals surface area (Å²) in [5, 5.41) is 2.43. The maximum absolute atomic E-state index is 6.28. The van der Waals surface area contributed by atoms with E-state index in [2.05, 4.69) is 49.0 Å². The Balaban J connectivity index is 1.54. The third-order valence-electron chi connectivity index (χ3n) is 8.68. The second-order valence-electron chi connectivity index (χ2n) is 12.6. The molecule has 0 aliphatic heterocycles. The number of ether oxygens (including phenoxy) is 4. The Bertz CT molecular complexity index is 1040. The minimum absolute atomic E-state index is 0.0296. The zero-order valence-electron chi connectivity index (χ0n) is 26.0. The Morgan fingerprint density at radius 2 is 1.05 bits per heavy atom. The zero-order valence-corrected chi connectivity index (χ0v) is 29.3. The van der Waals surface area contributed by atoms with E-state index in [9.17, 15) is 0 Å². The number of unbranched alkanes of at least 4 members (excludes halogenated alkanes) is 4. The molecule has 2 aromatic rings. The van der Waals surface area contributed by atoms with Crippen molar-refractivity contribution in [3.05, 3.63) is 31.4 Å². The van der Waals surface area contributed by atoms with Crippen molar-refractivity contribution >= 4 is 38.6 Å². The Morgan fingerprint density at radius 1 is 0.610 bits per heavy atom. The molecule has 0 aromatic carbocycles. The average molecular weight is 670 g/mol. The molecule has 4 nitrogen and oxygen atoms in total. The molecular formula is C34H53BrO4S2. The van der Waals surface area contributed by atoms with Gasteiger partial charge in [-0.1, -0.05) is 53.4 Å². The summed E-state index contributed by atoms with van der Waals surface area (Å²) in [5.41, 5.74) is 6.15. The third-order valence-corrected chi connectivity index (χ3v) is 11.9. The highest BCUT2D eigenvalue weighted by atomic mass is 79.9. The molecule has 0 unspecified atom stereocenters. The van der Waals surface area contributed by atoms with Crippen molar-refractivity contribution in [1.29, 1.82) is 0 Å². The first-order chi connectivity index (χ1) is 20.0. The van der Waals surface area contributed by atoms with E-state index >= 15 is 0 Å². The Hall–Kier alpha value is -0.280. The normalized spacial score (nSPS) is 16.9. The van der Waals surface area contributed by atoms with Crippen LogP contribution in [0.3, 0.4) is 0 Å². The van der Waals surface area contributed by atoms with Crippen LogP contribution in [0.4, 0.5) is 0 Å². The lowest BCUT2D eigenvalue weighted by atomic mass is 9.86. The number of hydrogen-bond acceptors (Lipinski definition) is 6. The standard InChI is InChI=1S/C34H53BrO4S2/c1-5-9-13-36-22-33(23-37-14-10-6-2)17-26-21-40-30(27(26)18-33)31-28-19-34(24-38-15-11-7-3,25-39-16-12-8-4)20-29(28)32(35)41-31/h21H,5-20,22-25H2,1-4H3. The number of fused-ring (bicyclic) bond motifs is 2. The smallest absolute Gasteiger partial charge is 0.0740 e. The van der Waals surface area contributed by atoms with E-state index in [1.54, 1.807) is 5.56 Å². The molecule has 0 saturated carbocycles. The van der Waals surface area contributed by atoms with Gasteiger partial charge in [-0.05, 0) is 94.9 Å². The van der Waals surface area contributed by atoms with Gasteiger partial charge in [0, 0.05) is 47.0 Å². The van der Waals surface area contributed by atoms with Crippen LogP contribution in [0.2, 0.25) is 0 Å². The molecule has 0 spiro atoms. The van der Waals surface area contributed by atoms with Gasteiger partial charge in [-0.3, -0.25) is 0 Å². The van der Waals surface area contributed by atoms with Gasteiger partial charge >= 0.3 is 0 Å². The van der Waals surface area contributed by atoms with Gasteiger partial charge in [0.2, 0.25) is 0 Å². The monoisotopic (exact) mass is 668 g/mol. The van der Waals surface area contributed by atoms with E-state index < -0.39 is 0 Å². The molecule has 232 valence electrons. The summed E-state index contributed by atoms with van der Waals surface area (Å²) in [6.07, 6.45) is 13.4. The zero-order chi connectivity index (χ0) is 29.1. The van der Waals surface area contributed by atoms with E-state index in [1.165, 1.54) is 55.9 Å². The average Bonchev–Trinajstić information content (AvgIpc) is 3.70. The van der Waals surface area contributed by atoms with Gasteiger partial charge < -0.3 is 18.9 Å². The fourth-order valence-electron chi connectivity index (χ4n) is 6.25. The van der Waals surface area contributed by atoms with Gasteiger partial charge in [-0.2, -0.15) is 0 Å². The van der Waals surface area contributed by atoms with Crippen molar-refractivity contribution in [2.75, 3.05) is 52.9 Å². The van der Waals surface area contributed by atoms with Crippen LogP contribution in [0.25, 0.3) is 9.75 Å². The summed E-state index contributed by atoms with van der Waals surface area (Å²) < 4.78 is 26.4. The SMILES string of the molecule is CCCCOCC1(COCCCC)Cc2csc(-c3sc(Br)c4c3CC(COCCCC)(COCCCC)C4)c2C1. The topological polar surface area (TPSA) is 36.9 Å².